The molecular weight excluding hydrogens is 1470 g/mol. The molecule has 3 aliphatic carbocycles. The second-order valence-electron chi connectivity index (χ2n) is 34.4. The average molecular weight is 1600 g/mol. The van der Waals surface area contributed by atoms with Gasteiger partial charge in [-0.1, -0.05) is 116 Å². The fourth-order valence-electron chi connectivity index (χ4n) is 17.1. The van der Waals surface area contributed by atoms with Gasteiger partial charge in [0.25, 0.3) is 0 Å². The maximum Gasteiger partial charge on any atom is 0.417 e. The molecule has 7 rings (SSSR count). The van der Waals surface area contributed by atoms with E-state index in [1.54, 1.807) is 32.6 Å². The molecule has 628 valence electrons. The minimum atomic E-state index is -4.83. The van der Waals surface area contributed by atoms with Crippen LogP contribution in [-0.4, -0.2) is 282 Å². The van der Waals surface area contributed by atoms with Crippen LogP contribution in [0, 0.1) is 29.6 Å². The molecule has 0 aromatic heterocycles. The lowest BCUT2D eigenvalue weighted by atomic mass is 9.81. The summed E-state index contributed by atoms with van der Waals surface area (Å²) in [6.45, 7) is 11.8. The van der Waals surface area contributed by atoms with Crippen LogP contribution in [0.15, 0.2) is 18.2 Å². The largest absolute Gasteiger partial charge is 0.444 e. The molecule has 3 N–H and O–H groups in total. The van der Waals surface area contributed by atoms with Gasteiger partial charge < -0.3 is 64.8 Å². The van der Waals surface area contributed by atoms with E-state index >= 15 is 38.4 Å². The first-order valence-electron chi connectivity index (χ1n) is 40.6. The summed E-state index contributed by atoms with van der Waals surface area (Å²) in [7, 11) is 11.3. The molecule has 27 nitrogen and oxygen atoms in total. The zero-order valence-corrected chi connectivity index (χ0v) is 69.7. The Labute approximate surface area is 665 Å². The monoisotopic (exact) mass is 1600 g/mol. The smallest absolute Gasteiger partial charge is 0.417 e. The summed E-state index contributed by atoms with van der Waals surface area (Å²) in [6.07, 6.45) is 5.22. The first kappa shape index (κ1) is 91.6. The van der Waals surface area contributed by atoms with E-state index in [0.29, 0.717) is 77.2 Å². The molecule has 1 aromatic rings. The molecule has 0 unspecified atom stereocenters. The van der Waals surface area contributed by atoms with Crippen molar-refractivity contribution in [3.05, 3.63) is 34.3 Å². The normalized spacial score (nSPS) is 26.4. The van der Waals surface area contributed by atoms with Crippen LogP contribution in [0.25, 0.3) is 0 Å². The maximum absolute atomic E-state index is 16.2. The Bertz CT molecular complexity index is 3500. The van der Waals surface area contributed by atoms with Crippen molar-refractivity contribution in [2.24, 2.45) is 29.6 Å². The number of piperidine rings is 1. The maximum atomic E-state index is 16.2. The van der Waals surface area contributed by atoms with Crippen LogP contribution in [0.1, 0.15) is 214 Å². The highest BCUT2D eigenvalue weighted by molar-refractivity contribution is 6.31. The number of carbonyl (C=O) groups excluding carboxylic acids is 13. The molecule has 1 spiro atoms. The van der Waals surface area contributed by atoms with Gasteiger partial charge in [-0.05, 0) is 159 Å². The third kappa shape index (κ3) is 23.5. The summed E-state index contributed by atoms with van der Waals surface area (Å²) in [5.41, 5.74) is -5.71. The number of hydrogen-bond acceptors (Lipinski definition) is 15. The third-order valence-electron chi connectivity index (χ3n) is 24.4. The van der Waals surface area contributed by atoms with Crippen molar-refractivity contribution in [2.75, 3.05) is 102 Å². The van der Waals surface area contributed by atoms with Gasteiger partial charge in [0.1, 0.15) is 41.3 Å². The van der Waals surface area contributed by atoms with Gasteiger partial charge in [-0.25, -0.2) is 4.79 Å². The Morgan fingerprint density at radius 3 is 1.79 bits per heavy atom. The molecule has 3 saturated carbocycles. The lowest BCUT2D eigenvalue weighted by molar-refractivity contribution is -0.157. The van der Waals surface area contributed by atoms with Crippen LogP contribution in [0.3, 0.4) is 0 Å². The van der Waals surface area contributed by atoms with Crippen molar-refractivity contribution >= 4 is 89.0 Å². The molecule has 3 aliphatic heterocycles. The number of likely N-dealkylation sites (tertiary alicyclic amines) is 2. The number of hydrogen-bond donors (Lipinski definition) is 3. The first-order valence-corrected chi connectivity index (χ1v) is 41.0. The number of nitrogens with zero attached hydrogens (tertiary/aromatic N) is 10. The summed E-state index contributed by atoms with van der Waals surface area (Å²) in [5, 5.41) is 8.29. The van der Waals surface area contributed by atoms with Crippen LogP contribution in [-0.2, 0) is 74.9 Å². The molecule has 3 saturated heterocycles. The van der Waals surface area contributed by atoms with E-state index in [9.17, 15) is 37.1 Å². The van der Waals surface area contributed by atoms with Crippen LogP contribution in [0.4, 0.5) is 18.0 Å². The van der Waals surface area contributed by atoms with E-state index in [1.807, 2.05) is 20.8 Å². The molecule has 12 amide bonds. The van der Waals surface area contributed by atoms with Crippen LogP contribution in [0.5, 0.6) is 0 Å². The number of halogens is 4. The number of alkyl halides is 3. The number of amides is 12. The molecule has 1 aromatic carbocycles. The van der Waals surface area contributed by atoms with Gasteiger partial charge in [0, 0.05) is 75.5 Å². The van der Waals surface area contributed by atoms with Gasteiger partial charge >= 0.3 is 12.3 Å². The predicted molar refractivity (Wildman–Crippen MR) is 416 cm³/mol. The topological polar surface area (TPSA) is 300 Å². The van der Waals surface area contributed by atoms with Crippen molar-refractivity contribution < 1.29 is 80.2 Å². The Balaban J connectivity index is 1.38. The number of aryl methyl sites for hydroxylation is 1. The summed E-state index contributed by atoms with van der Waals surface area (Å²) >= 11 is 6.30. The van der Waals surface area contributed by atoms with Crippen LogP contribution < -0.4 is 16.0 Å². The molecule has 0 radical (unpaired) electrons. The summed E-state index contributed by atoms with van der Waals surface area (Å²) in [4.78, 5) is 209. The van der Waals surface area contributed by atoms with Gasteiger partial charge in [0.15, 0.2) is 11.9 Å². The average Bonchev–Trinajstić information content (AvgIpc) is 1.33. The Morgan fingerprint density at radius 1 is 0.634 bits per heavy atom. The SMILES string of the molecule is CC[C@H](C)[C@@H]1NC(=O)[C@H](CC(C)C)N(C)C(=O)C[C@@H](C(=O)N2CCCCC2)N(C)C(=O)[C@H](C2CCCCC2)N(C)C(=O)C2(CCCC2)NC(=O)[C@H](CCC2CN(C(=O)OC(C)(C)C)C2)N(C)[C@](C=O)(CCc2ccc(C(F)(F)F)c(Cl)c2)NC(=O)CN(C)C(=O)[C@H](CC2CCCCC2)N(C)C(=O)CN(C)C(=O)CN(C)C1=O. The zero-order valence-electron chi connectivity index (χ0n) is 69.0. The number of ether oxygens (including phenoxy) is 1. The number of nitrogens with one attached hydrogen (secondary N) is 3. The quantitative estimate of drug-likeness (QED) is 0.141. The Morgan fingerprint density at radius 2 is 1.21 bits per heavy atom. The van der Waals surface area contributed by atoms with Crippen LogP contribution >= 0.6 is 11.6 Å². The second-order valence-corrected chi connectivity index (χ2v) is 34.8. The number of rotatable bonds is 15. The van der Waals surface area contributed by atoms with Gasteiger partial charge in [0.05, 0.1) is 42.7 Å². The molecule has 6 fully saturated rings. The van der Waals surface area contributed by atoms with Crippen molar-refractivity contribution in [3.8, 4) is 0 Å². The van der Waals surface area contributed by atoms with E-state index in [1.165, 1.54) is 91.8 Å². The standard InChI is InChI=1S/C81H127ClF3N13O14/c1-16-53(4)68-74(108)91(10)49-66(102)89(8)50-67(103)93(12)62(44-54-28-20-17-21-29-54)72(106)90(9)48-64(100)87-80(51-99,39-36-55-32-34-58(59(82)43-55)81(83,84)85)96(15)60(35-33-56-46-98(47-56)77(111)112-78(5,6)7)71(105)88-79(37-24-25-38-79)76(110)95(14)69(57-30-22-18-23-31-57)75(109)94(13)63(73(107)97-40-26-19-27-41-97)45-65(101)92(11)61(42-52(2)3)70(104)86-68/h32,34,43,51-54,56-57,60-63,68-69H,16-31,33,35-42,44-50H2,1-15H3,(H,86,104)(H,87,100)(H,88,105)/t53-,60-,61-,62-,63-,68-,69-,80-/m0/s1. The highest BCUT2D eigenvalue weighted by Crippen LogP contribution is 2.40. The minimum Gasteiger partial charge on any atom is -0.444 e. The molecular formula is C81H127ClF3N13O14. The second kappa shape index (κ2) is 40.1. The third-order valence-corrected chi connectivity index (χ3v) is 24.7. The number of aldehydes is 1. The van der Waals surface area contributed by atoms with Gasteiger partial charge in [-0.3, -0.25) is 62.4 Å². The summed E-state index contributed by atoms with van der Waals surface area (Å²) in [6, 6.07) is -4.71. The van der Waals surface area contributed by atoms with Gasteiger partial charge in [0.2, 0.25) is 65.0 Å². The lowest BCUT2D eigenvalue weighted by Gasteiger charge is -2.46. The van der Waals surface area contributed by atoms with E-state index < -0.39 is 185 Å². The molecule has 3 heterocycles. The Kier molecular flexibility index (Phi) is 32.8. The highest BCUT2D eigenvalue weighted by Gasteiger charge is 2.53. The number of carbonyl (C=O) groups is 13. The van der Waals surface area contributed by atoms with E-state index in [0.717, 1.165) is 71.8 Å². The Hall–Kier alpha value is -7.63. The summed E-state index contributed by atoms with van der Waals surface area (Å²) in [5.74, 6) is -8.94. The fourth-order valence-corrected chi connectivity index (χ4v) is 17.4. The van der Waals surface area contributed by atoms with Gasteiger partial charge in [-0.15, -0.1) is 0 Å². The molecule has 31 heteroatoms. The lowest BCUT2D eigenvalue weighted by Crippen LogP contribution is -2.69. The first-order chi connectivity index (χ1) is 52.6. The number of benzene rings is 1. The van der Waals surface area contributed by atoms with E-state index in [4.69, 9.17) is 16.3 Å². The van der Waals surface area contributed by atoms with Crippen LogP contribution in [0.2, 0.25) is 5.02 Å². The molecule has 0 bridgehead atoms. The minimum absolute atomic E-state index is 0.0339. The molecule has 6 aliphatic rings. The molecule has 112 heavy (non-hydrogen) atoms. The van der Waals surface area contributed by atoms with Crippen molar-refractivity contribution in [2.45, 2.75) is 268 Å². The van der Waals surface area contributed by atoms with Crippen molar-refractivity contribution in [1.82, 2.24) is 64.9 Å². The summed E-state index contributed by atoms with van der Waals surface area (Å²) < 4.78 is 48.3. The van der Waals surface area contributed by atoms with Crippen molar-refractivity contribution in [3.63, 3.8) is 0 Å². The van der Waals surface area contributed by atoms with E-state index in [2.05, 4.69) is 16.0 Å². The number of likely N-dealkylation sites (N-methyl/N-ethyl adjacent to an activating group) is 8. The van der Waals surface area contributed by atoms with Gasteiger partial charge in [-0.2, -0.15) is 13.2 Å². The zero-order chi connectivity index (χ0) is 83.1. The molecule has 8 atom stereocenters. The van der Waals surface area contributed by atoms with Crippen molar-refractivity contribution in [1.29, 1.82) is 0 Å². The predicted octanol–water partition coefficient (Wildman–Crippen LogP) is 7.91. The van der Waals surface area contributed by atoms with E-state index in [-0.39, 0.29) is 81.4 Å². The highest BCUT2D eigenvalue weighted by atomic mass is 35.5. The fraction of sp³-hybridized carbons (Fsp3) is 0.765.